The molecule has 1 fully saturated rings. The zero-order chi connectivity index (χ0) is 11.3. The van der Waals surface area contributed by atoms with Crippen LogP contribution >= 0.6 is 0 Å². The number of nitrogens with two attached hydrogens (primary N) is 1. The van der Waals surface area contributed by atoms with E-state index in [9.17, 15) is 4.39 Å². The fourth-order valence-electron chi connectivity index (χ4n) is 2.15. The van der Waals surface area contributed by atoms with Crippen LogP contribution in [0.1, 0.15) is 30.2 Å². The molecule has 3 heteroatoms. The van der Waals surface area contributed by atoms with Gasteiger partial charge in [0.2, 0.25) is 0 Å². The first-order chi connectivity index (χ1) is 7.65. The van der Waals surface area contributed by atoms with Gasteiger partial charge in [0.1, 0.15) is 17.2 Å². The van der Waals surface area contributed by atoms with Crippen molar-refractivity contribution in [2.24, 2.45) is 11.7 Å². The lowest BCUT2D eigenvalue weighted by Gasteiger charge is -2.04. The minimum atomic E-state index is -0.225. The van der Waals surface area contributed by atoms with Gasteiger partial charge in [0.15, 0.2) is 0 Å². The number of rotatable bonds is 2. The summed E-state index contributed by atoms with van der Waals surface area (Å²) in [5, 5.41) is 0.809. The molecule has 1 saturated carbocycles. The molecule has 16 heavy (non-hydrogen) atoms. The van der Waals surface area contributed by atoms with Gasteiger partial charge in [-0.2, -0.15) is 0 Å². The van der Waals surface area contributed by atoms with Crippen LogP contribution in [0.25, 0.3) is 11.0 Å². The average molecular weight is 219 g/mol. The standard InChI is InChI=1S/C13H14FNO/c1-7-4-10(14)5-9-6-11(16-13(7)9)12(15)8-2-3-8/h4-6,8,12H,2-3,15H2,1H3. The third-order valence-corrected chi connectivity index (χ3v) is 3.24. The van der Waals surface area contributed by atoms with Gasteiger partial charge in [-0.25, -0.2) is 4.39 Å². The number of aryl methyl sites for hydroxylation is 1. The topological polar surface area (TPSA) is 39.2 Å². The summed E-state index contributed by atoms with van der Waals surface area (Å²) in [5.41, 5.74) is 7.65. The molecule has 1 aromatic carbocycles. The Bertz CT molecular complexity index is 542. The summed E-state index contributed by atoms with van der Waals surface area (Å²) in [5.74, 6) is 1.11. The number of hydrogen-bond acceptors (Lipinski definition) is 2. The molecule has 0 radical (unpaired) electrons. The van der Waals surface area contributed by atoms with Crippen molar-refractivity contribution >= 4 is 11.0 Å². The Morgan fingerprint density at radius 1 is 1.38 bits per heavy atom. The number of hydrogen-bond donors (Lipinski definition) is 1. The molecule has 1 atom stereocenters. The largest absolute Gasteiger partial charge is 0.459 e. The van der Waals surface area contributed by atoms with E-state index in [1.807, 2.05) is 13.0 Å². The first kappa shape index (κ1) is 9.85. The van der Waals surface area contributed by atoms with Crippen molar-refractivity contribution in [2.75, 3.05) is 0 Å². The van der Waals surface area contributed by atoms with Crippen molar-refractivity contribution in [2.45, 2.75) is 25.8 Å². The predicted octanol–water partition coefficient (Wildman–Crippen LogP) is 3.29. The van der Waals surface area contributed by atoms with Crippen LogP contribution in [0.5, 0.6) is 0 Å². The maximum absolute atomic E-state index is 13.2. The molecule has 0 amide bonds. The van der Waals surface area contributed by atoms with Gasteiger partial charge in [-0.1, -0.05) is 0 Å². The molecular weight excluding hydrogens is 205 g/mol. The maximum atomic E-state index is 13.2. The van der Waals surface area contributed by atoms with Gasteiger partial charge in [0.25, 0.3) is 0 Å². The van der Waals surface area contributed by atoms with Gasteiger partial charge in [-0.3, -0.25) is 0 Å². The zero-order valence-corrected chi connectivity index (χ0v) is 9.16. The number of benzene rings is 1. The fraction of sp³-hybridized carbons (Fsp3) is 0.385. The van der Waals surface area contributed by atoms with E-state index in [1.165, 1.54) is 25.0 Å². The summed E-state index contributed by atoms with van der Waals surface area (Å²) in [6.45, 7) is 1.85. The molecule has 84 valence electrons. The third kappa shape index (κ3) is 1.52. The van der Waals surface area contributed by atoms with E-state index in [0.29, 0.717) is 5.92 Å². The van der Waals surface area contributed by atoms with E-state index in [1.54, 1.807) is 0 Å². The molecule has 3 rings (SSSR count). The Morgan fingerprint density at radius 3 is 2.81 bits per heavy atom. The van der Waals surface area contributed by atoms with Crippen LogP contribution in [0.3, 0.4) is 0 Å². The Morgan fingerprint density at radius 2 is 2.12 bits per heavy atom. The van der Waals surface area contributed by atoms with Gasteiger partial charge >= 0.3 is 0 Å². The SMILES string of the molecule is Cc1cc(F)cc2cc(C(N)C3CC3)oc12. The monoisotopic (exact) mass is 219 g/mol. The lowest BCUT2D eigenvalue weighted by Crippen LogP contribution is -2.10. The molecule has 0 aliphatic heterocycles. The smallest absolute Gasteiger partial charge is 0.137 e. The molecule has 2 aromatic rings. The van der Waals surface area contributed by atoms with Crippen LogP contribution in [-0.2, 0) is 0 Å². The molecule has 1 unspecified atom stereocenters. The first-order valence-electron chi connectivity index (χ1n) is 5.60. The molecule has 1 aromatic heterocycles. The highest BCUT2D eigenvalue weighted by Crippen LogP contribution is 2.41. The van der Waals surface area contributed by atoms with Crippen molar-refractivity contribution in [3.05, 3.63) is 35.3 Å². The third-order valence-electron chi connectivity index (χ3n) is 3.24. The van der Waals surface area contributed by atoms with Crippen molar-refractivity contribution in [1.82, 2.24) is 0 Å². The van der Waals surface area contributed by atoms with Gasteiger partial charge in [-0.05, 0) is 49.4 Å². The lowest BCUT2D eigenvalue weighted by molar-refractivity contribution is 0.466. The second-order valence-corrected chi connectivity index (χ2v) is 4.65. The van der Waals surface area contributed by atoms with E-state index < -0.39 is 0 Å². The van der Waals surface area contributed by atoms with Crippen molar-refractivity contribution < 1.29 is 8.81 Å². The summed E-state index contributed by atoms with van der Waals surface area (Å²) in [7, 11) is 0. The Labute approximate surface area is 93.2 Å². The zero-order valence-electron chi connectivity index (χ0n) is 9.16. The van der Waals surface area contributed by atoms with E-state index in [0.717, 1.165) is 22.3 Å². The fourth-order valence-corrected chi connectivity index (χ4v) is 2.15. The average Bonchev–Trinajstić information content (AvgIpc) is 2.97. The van der Waals surface area contributed by atoms with Gasteiger partial charge in [-0.15, -0.1) is 0 Å². The molecule has 1 heterocycles. The van der Waals surface area contributed by atoms with Gasteiger partial charge in [0.05, 0.1) is 6.04 Å². The van der Waals surface area contributed by atoms with Crippen molar-refractivity contribution in [3.63, 3.8) is 0 Å². The van der Waals surface area contributed by atoms with E-state index in [2.05, 4.69) is 0 Å². The lowest BCUT2D eigenvalue weighted by atomic mass is 10.1. The normalized spacial score (nSPS) is 17.9. The minimum absolute atomic E-state index is 0.0325. The number of furan rings is 1. The van der Waals surface area contributed by atoms with Crippen molar-refractivity contribution in [3.8, 4) is 0 Å². The molecule has 0 saturated heterocycles. The molecule has 2 nitrogen and oxygen atoms in total. The summed E-state index contributed by atoms with van der Waals surface area (Å²) in [6, 6.07) is 4.82. The Hall–Kier alpha value is -1.35. The Balaban J connectivity index is 2.11. The molecular formula is C13H14FNO. The van der Waals surface area contributed by atoms with Crippen molar-refractivity contribution in [1.29, 1.82) is 0 Å². The van der Waals surface area contributed by atoms with Crippen LogP contribution in [0.2, 0.25) is 0 Å². The summed E-state index contributed by atoms with van der Waals surface area (Å²) in [6.07, 6.45) is 2.34. The highest BCUT2D eigenvalue weighted by molar-refractivity contribution is 5.81. The van der Waals surface area contributed by atoms with Crippen LogP contribution in [0.4, 0.5) is 4.39 Å². The van der Waals surface area contributed by atoms with Crippen LogP contribution < -0.4 is 5.73 Å². The number of halogens is 1. The molecule has 0 spiro atoms. The molecule has 1 aliphatic carbocycles. The van der Waals surface area contributed by atoms with Crippen LogP contribution in [-0.4, -0.2) is 0 Å². The van der Waals surface area contributed by atoms with E-state index in [4.69, 9.17) is 10.2 Å². The molecule has 2 N–H and O–H groups in total. The first-order valence-corrected chi connectivity index (χ1v) is 5.60. The molecule has 0 bridgehead atoms. The highest BCUT2D eigenvalue weighted by Gasteiger charge is 2.31. The van der Waals surface area contributed by atoms with Crippen LogP contribution in [0.15, 0.2) is 22.6 Å². The summed E-state index contributed by atoms with van der Waals surface area (Å²) in [4.78, 5) is 0. The second-order valence-electron chi connectivity index (χ2n) is 4.65. The highest BCUT2D eigenvalue weighted by atomic mass is 19.1. The van der Waals surface area contributed by atoms with Gasteiger partial charge in [0, 0.05) is 5.39 Å². The summed E-state index contributed by atoms with van der Waals surface area (Å²) < 4.78 is 18.9. The van der Waals surface area contributed by atoms with E-state index in [-0.39, 0.29) is 11.9 Å². The second kappa shape index (κ2) is 3.32. The predicted molar refractivity (Wildman–Crippen MR) is 60.6 cm³/mol. The maximum Gasteiger partial charge on any atom is 0.137 e. The molecule has 1 aliphatic rings. The summed E-state index contributed by atoms with van der Waals surface area (Å²) >= 11 is 0. The Kier molecular flexibility index (Phi) is 2.04. The quantitative estimate of drug-likeness (QED) is 0.841. The van der Waals surface area contributed by atoms with Crippen LogP contribution in [0, 0.1) is 18.7 Å². The number of fused-ring (bicyclic) bond motifs is 1. The minimum Gasteiger partial charge on any atom is -0.459 e. The van der Waals surface area contributed by atoms with E-state index >= 15 is 0 Å². The van der Waals surface area contributed by atoms with Gasteiger partial charge < -0.3 is 10.2 Å².